The van der Waals surface area contributed by atoms with Gasteiger partial charge in [0.05, 0.1) is 23.9 Å². The van der Waals surface area contributed by atoms with E-state index in [-0.39, 0.29) is 30.9 Å². The van der Waals surface area contributed by atoms with E-state index >= 15 is 0 Å². The van der Waals surface area contributed by atoms with Gasteiger partial charge in [-0.05, 0) is 47.8 Å². The molecule has 0 aliphatic heterocycles. The van der Waals surface area contributed by atoms with Crippen LogP contribution < -0.4 is 5.73 Å². The topological polar surface area (TPSA) is 67.6 Å². The van der Waals surface area contributed by atoms with Crippen molar-refractivity contribution in [1.29, 1.82) is 5.26 Å². The van der Waals surface area contributed by atoms with E-state index in [2.05, 4.69) is 21.1 Å². The fourth-order valence-corrected chi connectivity index (χ4v) is 3.78. The summed E-state index contributed by atoms with van der Waals surface area (Å²) in [5.74, 6) is 0. The van der Waals surface area contributed by atoms with Crippen LogP contribution in [0.5, 0.6) is 0 Å². The summed E-state index contributed by atoms with van der Waals surface area (Å²) < 4.78 is 6.73. The summed E-state index contributed by atoms with van der Waals surface area (Å²) in [7, 11) is 0. The van der Waals surface area contributed by atoms with Crippen LogP contribution in [0, 0.1) is 11.3 Å². The van der Waals surface area contributed by atoms with Crippen LogP contribution in [0.3, 0.4) is 0 Å². The monoisotopic (exact) mass is 366 g/mol. The molecule has 2 aromatic heterocycles. The smallest absolute Gasteiger partial charge is 0.0991 e. The van der Waals surface area contributed by atoms with Gasteiger partial charge in [0.2, 0.25) is 0 Å². The maximum atomic E-state index is 9.12. The Morgan fingerprint density at radius 3 is 2.83 bits per heavy atom. The third-order valence-corrected chi connectivity index (χ3v) is 4.75. The zero-order valence-electron chi connectivity index (χ0n) is 12.2. The summed E-state index contributed by atoms with van der Waals surface area (Å²) in [6, 6.07) is 10.4. The van der Waals surface area contributed by atoms with E-state index in [0.717, 1.165) is 25.1 Å². The minimum atomic E-state index is 0. The minimum absolute atomic E-state index is 0. The molecular weight excluding hydrogens is 351 g/mol. The zero-order chi connectivity index (χ0) is 14.4. The molecule has 2 heterocycles. The molecule has 1 aromatic carbocycles. The first-order chi connectivity index (χ1) is 10.3. The van der Waals surface area contributed by atoms with Crippen LogP contribution in [-0.2, 0) is 19.4 Å². The van der Waals surface area contributed by atoms with Crippen molar-refractivity contribution in [2.75, 3.05) is 0 Å². The second-order valence-corrected chi connectivity index (χ2v) is 6.18. The molecule has 3 aromatic rings. The van der Waals surface area contributed by atoms with E-state index < -0.39 is 0 Å². The van der Waals surface area contributed by atoms with Crippen LogP contribution in [0.15, 0.2) is 29.6 Å². The lowest BCUT2D eigenvalue weighted by Crippen LogP contribution is -2.20. The Balaban J connectivity index is 0.000000960. The van der Waals surface area contributed by atoms with E-state index in [1.165, 1.54) is 33.7 Å². The molecule has 1 aliphatic carbocycles. The summed E-state index contributed by atoms with van der Waals surface area (Å²) in [6.07, 6.45) is 1.79. The van der Waals surface area contributed by atoms with Crippen molar-refractivity contribution in [3.63, 3.8) is 0 Å². The van der Waals surface area contributed by atoms with Crippen molar-refractivity contribution in [2.24, 2.45) is 5.73 Å². The molecule has 0 amide bonds. The fourth-order valence-electron chi connectivity index (χ4n) is 3.25. The lowest BCUT2D eigenvalue weighted by Gasteiger charge is -2.09. The van der Waals surface area contributed by atoms with Crippen molar-refractivity contribution in [3.05, 3.63) is 52.2 Å². The molecule has 0 saturated carbocycles. The number of nitriles is 1. The van der Waals surface area contributed by atoms with E-state index in [1.54, 1.807) is 0 Å². The van der Waals surface area contributed by atoms with E-state index in [0.29, 0.717) is 5.56 Å². The number of hydrogen-bond acceptors (Lipinski definition) is 4. The Bertz CT molecular complexity index is 864. The molecule has 4 rings (SSSR count). The number of fused-ring (bicyclic) bond motifs is 3. The number of nitrogens with zero attached hydrogens (tertiary/aromatic N) is 3. The third kappa shape index (κ3) is 2.96. The standard InChI is InChI=1S/C16H14N4S.2ClH/c17-8-10-1-2-15-13(5-10)14-6-11(18)7-16(14)20(15)9-12-3-4-21-19-12;;/h1-5,11H,6-7,9,18H2;2*1H. The first-order valence-corrected chi connectivity index (χ1v) is 7.79. The molecule has 1 aliphatic rings. The minimum Gasteiger partial charge on any atom is -0.338 e. The molecule has 0 spiro atoms. The van der Waals surface area contributed by atoms with Gasteiger partial charge in [-0.2, -0.15) is 9.64 Å². The number of rotatable bonds is 2. The first kappa shape index (κ1) is 17.8. The highest BCUT2D eigenvalue weighted by Crippen LogP contribution is 2.33. The SMILES string of the molecule is Cl.Cl.N#Cc1ccc2c(c1)c1c(n2Cc2ccsn2)CC(N)C1. The van der Waals surface area contributed by atoms with Crippen molar-refractivity contribution < 1.29 is 0 Å². The van der Waals surface area contributed by atoms with Gasteiger partial charge in [-0.25, -0.2) is 0 Å². The predicted molar refractivity (Wildman–Crippen MR) is 97.7 cm³/mol. The highest BCUT2D eigenvalue weighted by molar-refractivity contribution is 7.03. The molecule has 4 nitrogen and oxygen atoms in total. The maximum Gasteiger partial charge on any atom is 0.0991 e. The molecule has 1 unspecified atom stereocenters. The molecule has 0 radical (unpaired) electrons. The van der Waals surface area contributed by atoms with Gasteiger partial charge in [0.25, 0.3) is 0 Å². The molecule has 2 N–H and O–H groups in total. The fraction of sp³-hybridized carbons (Fsp3) is 0.250. The summed E-state index contributed by atoms with van der Waals surface area (Å²) >= 11 is 1.48. The summed E-state index contributed by atoms with van der Waals surface area (Å²) in [5.41, 5.74) is 11.7. The van der Waals surface area contributed by atoms with Gasteiger partial charge in [-0.3, -0.25) is 0 Å². The highest BCUT2D eigenvalue weighted by Gasteiger charge is 2.26. The van der Waals surface area contributed by atoms with Crippen LogP contribution in [0.4, 0.5) is 0 Å². The quantitative estimate of drug-likeness (QED) is 0.756. The summed E-state index contributed by atoms with van der Waals surface area (Å²) in [5, 5.41) is 12.3. The van der Waals surface area contributed by atoms with Crippen LogP contribution in [0.25, 0.3) is 10.9 Å². The third-order valence-electron chi connectivity index (χ3n) is 4.15. The normalized spacial score (nSPS) is 15.6. The Kier molecular flexibility index (Phi) is 5.33. The summed E-state index contributed by atoms with van der Waals surface area (Å²) in [6.45, 7) is 0.772. The van der Waals surface area contributed by atoms with Crippen molar-refractivity contribution in [2.45, 2.75) is 25.4 Å². The number of aromatic nitrogens is 2. The molecule has 1 atom stereocenters. The van der Waals surface area contributed by atoms with Gasteiger partial charge in [0.1, 0.15) is 0 Å². The average molecular weight is 367 g/mol. The van der Waals surface area contributed by atoms with Crippen molar-refractivity contribution >= 4 is 47.2 Å². The molecule has 7 heteroatoms. The van der Waals surface area contributed by atoms with Crippen molar-refractivity contribution in [3.8, 4) is 6.07 Å². The lowest BCUT2D eigenvalue weighted by molar-refractivity contribution is 0.684. The van der Waals surface area contributed by atoms with Gasteiger partial charge in [-0.15, -0.1) is 24.8 Å². The van der Waals surface area contributed by atoms with Gasteiger partial charge < -0.3 is 10.3 Å². The van der Waals surface area contributed by atoms with E-state index in [9.17, 15) is 0 Å². The van der Waals surface area contributed by atoms with Gasteiger partial charge >= 0.3 is 0 Å². The van der Waals surface area contributed by atoms with E-state index in [1.807, 2.05) is 23.6 Å². The Morgan fingerprint density at radius 2 is 2.13 bits per heavy atom. The molecule has 0 bridgehead atoms. The number of hydrogen-bond donors (Lipinski definition) is 1. The molecule has 120 valence electrons. The average Bonchev–Trinajstić information content (AvgIpc) is 3.18. The largest absolute Gasteiger partial charge is 0.338 e. The molecule has 0 fully saturated rings. The van der Waals surface area contributed by atoms with Crippen LogP contribution in [0.2, 0.25) is 0 Å². The first-order valence-electron chi connectivity index (χ1n) is 6.95. The Labute approximate surface area is 150 Å². The lowest BCUT2D eigenvalue weighted by atomic mass is 10.1. The number of nitrogens with two attached hydrogens (primary N) is 1. The zero-order valence-corrected chi connectivity index (χ0v) is 14.7. The highest BCUT2D eigenvalue weighted by atomic mass is 35.5. The summed E-state index contributed by atoms with van der Waals surface area (Å²) in [4.78, 5) is 0. The predicted octanol–water partition coefficient (Wildman–Crippen LogP) is 3.29. The second kappa shape index (κ2) is 6.90. The van der Waals surface area contributed by atoms with Crippen LogP contribution >= 0.6 is 36.3 Å². The van der Waals surface area contributed by atoms with Crippen LogP contribution in [0.1, 0.15) is 22.5 Å². The van der Waals surface area contributed by atoms with E-state index in [4.69, 9.17) is 11.0 Å². The van der Waals surface area contributed by atoms with Crippen molar-refractivity contribution in [1.82, 2.24) is 8.94 Å². The Hall–Kier alpha value is -1.58. The van der Waals surface area contributed by atoms with Gasteiger partial charge in [0, 0.05) is 34.4 Å². The second-order valence-electron chi connectivity index (χ2n) is 5.51. The Morgan fingerprint density at radius 1 is 1.30 bits per heavy atom. The van der Waals surface area contributed by atoms with Gasteiger partial charge in [0.15, 0.2) is 0 Å². The molecule has 23 heavy (non-hydrogen) atoms. The number of benzene rings is 1. The molecular formula is C16H16Cl2N4S. The number of halogens is 2. The van der Waals surface area contributed by atoms with Crippen LogP contribution in [-0.4, -0.2) is 15.0 Å². The molecule has 0 saturated heterocycles. The maximum absolute atomic E-state index is 9.12. The van der Waals surface area contributed by atoms with Gasteiger partial charge in [-0.1, -0.05) is 0 Å².